The van der Waals surface area contributed by atoms with Gasteiger partial charge in [0.05, 0.1) is 6.10 Å². The Hall–Kier alpha value is -0.810. The van der Waals surface area contributed by atoms with Crippen molar-refractivity contribution < 1.29 is 14.6 Å². The van der Waals surface area contributed by atoms with E-state index in [9.17, 15) is 9.90 Å². The summed E-state index contributed by atoms with van der Waals surface area (Å²) in [6.45, 7) is 13.0. The number of hydrogen-bond acceptors (Lipinski definition) is 4. The van der Waals surface area contributed by atoms with Gasteiger partial charge in [-0.05, 0) is 53.1 Å². The second-order valence-electron chi connectivity index (χ2n) is 6.06. The third-order valence-corrected chi connectivity index (χ3v) is 3.00. The van der Waals surface area contributed by atoms with E-state index in [2.05, 4.69) is 24.1 Å². The third kappa shape index (κ3) is 11.1. The molecule has 120 valence electrons. The molecule has 1 atom stereocenters. The molecule has 1 unspecified atom stereocenters. The van der Waals surface area contributed by atoms with Gasteiger partial charge in [0.2, 0.25) is 0 Å². The van der Waals surface area contributed by atoms with Crippen molar-refractivity contribution in [2.24, 2.45) is 0 Å². The first-order valence-corrected chi connectivity index (χ1v) is 7.65. The highest BCUT2D eigenvalue weighted by Crippen LogP contribution is 2.07. The van der Waals surface area contributed by atoms with Crippen LogP contribution in [0.3, 0.4) is 0 Å². The van der Waals surface area contributed by atoms with Gasteiger partial charge in [0.25, 0.3) is 0 Å². The third-order valence-electron chi connectivity index (χ3n) is 3.00. The van der Waals surface area contributed by atoms with E-state index in [0.717, 1.165) is 38.9 Å². The SMILES string of the molecule is CCN(CC)CC(O)CCCCNC(=O)OC(C)(C)C. The summed E-state index contributed by atoms with van der Waals surface area (Å²) in [6.07, 6.45) is 1.87. The van der Waals surface area contributed by atoms with Gasteiger partial charge >= 0.3 is 6.09 Å². The van der Waals surface area contributed by atoms with Crippen LogP contribution in [0.25, 0.3) is 0 Å². The number of amides is 1. The maximum absolute atomic E-state index is 11.4. The monoisotopic (exact) mass is 288 g/mol. The number of rotatable bonds is 9. The molecular formula is C15H32N2O3. The molecule has 0 rings (SSSR count). The standard InChI is InChI=1S/C15H32N2O3/c1-6-17(7-2)12-13(18)10-8-9-11-16-14(19)20-15(3,4)5/h13,18H,6-12H2,1-5H3,(H,16,19). The van der Waals surface area contributed by atoms with Crippen LogP contribution in [0.1, 0.15) is 53.9 Å². The van der Waals surface area contributed by atoms with E-state index in [1.165, 1.54) is 0 Å². The summed E-state index contributed by atoms with van der Waals surface area (Å²) in [6, 6.07) is 0. The van der Waals surface area contributed by atoms with Gasteiger partial charge in [0.15, 0.2) is 0 Å². The molecule has 1 amide bonds. The van der Waals surface area contributed by atoms with Crippen molar-refractivity contribution >= 4 is 6.09 Å². The summed E-state index contributed by atoms with van der Waals surface area (Å²) >= 11 is 0. The molecule has 20 heavy (non-hydrogen) atoms. The van der Waals surface area contributed by atoms with Crippen LogP contribution in [-0.4, -0.2) is 54.0 Å². The smallest absolute Gasteiger partial charge is 0.407 e. The Morgan fingerprint density at radius 2 is 1.85 bits per heavy atom. The lowest BCUT2D eigenvalue weighted by Crippen LogP contribution is -2.33. The highest BCUT2D eigenvalue weighted by atomic mass is 16.6. The molecule has 5 nitrogen and oxygen atoms in total. The van der Waals surface area contributed by atoms with Gasteiger partial charge in [-0.3, -0.25) is 0 Å². The molecule has 0 radical (unpaired) electrons. The number of alkyl carbamates (subject to hydrolysis) is 1. The predicted molar refractivity (Wildman–Crippen MR) is 81.9 cm³/mol. The maximum Gasteiger partial charge on any atom is 0.407 e. The first-order chi connectivity index (χ1) is 9.28. The number of nitrogens with zero attached hydrogens (tertiary/aromatic N) is 1. The number of hydrogen-bond donors (Lipinski definition) is 2. The van der Waals surface area contributed by atoms with E-state index >= 15 is 0 Å². The Bertz CT molecular complexity index is 260. The molecule has 0 aliphatic heterocycles. The van der Waals surface area contributed by atoms with Crippen LogP contribution < -0.4 is 5.32 Å². The summed E-state index contributed by atoms with van der Waals surface area (Å²) in [5, 5.41) is 12.6. The molecule has 0 aliphatic rings. The molecule has 0 aromatic carbocycles. The minimum atomic E-state index is -0.454. The van der Waals surface area contributed by atoms with Crippen LogP contribution >= 0.6 is 0 Å². The molecule has 2 N–H and O–H groups in total. The van der Waals surface area contributed by atoms with E-state index in [-0.39, 0.29) is 12.2 Å². The number of aliphatic hydroxyl groups excluding tert-OH is 1. The van der Waals surface area contributed by atoms with Crippen molar-refractivity contribution in [3.05, 3.63) is 0 Å². The lowest BCUT2D eigenvalue weighted by atomic mass is 10.1. The molecule has 0 fully saturated rings. The second-order valence-corrected chi connectivity index (χ2v) is 6.06. The number of carbonyl (C=O) groups is 1. The molecule has 0 heterocycles. The minimum Gasteiger partial charge on any atom is -0.444 e. The summed E-state index contributed by atoms with van der Waals surface area (Å²) in [4.78, 5) is 13.6. The van der Waals surface area contributed by atoms with Crippen molar-refractivity contribution in [1.29, 1.82) is 0 Å². The zero-order chi connectivity index (χ0) is 15.6. The zero-order valence-corrected chi connectivity index (χ0v) is 13.7. The predicted octanol–water partition coefficient (Wildman–Crippen LogP) is 2.38. The lowest BCUT2D eigenvalue weighted by molar-refractivity contribution is 0.0526. The fourth-order valence-corrected chi connectivity index (χ4v) is 1.88. The first kappa shape index (κ1) is 19.2. The Balaban J connectivity index is 3.59. The normalized spacial score (nSPS) is 13.3. The lowest BCUT2D eigenvalue weighted by Gasteiger charge is -2.22. The van der Waals surface area contributed by atoms with Gasteiger partial charge in [-0.25, -0.2) is 4.79 Å². The number of ether oxygens (including phenoxy) is 1. The average molecular weight is 288 g/mol. The second kappa shape index (κ2) is 10.00. The Kier molecular flexibility index (Phi) is 9.59. The molecular weight excluding hydrogens is 256 g/mol. The summed E-state index contributed by atoms with van der Waals surface area (Å²) < 4.78 is 5.14. The number of aliphatic hydroxyl groups is 1. The van der Waals surface area contributed by atoms with E-state index in [1.54, 1.807) is 0 Å². The van der Waals surface area contributed by atoms with E-state index in [0.29, 0.717) is 6.54 Å². The minimum absolute atomic E-state index is 0.281. The van der Waals surface area contributed by atoms with Crippen LogP contribution in [-0.2, 0) is 4.74 Å². The van der Waals surface area contributed by atoms with Crippen molar-refractivity contribution in [2.45, 2.75) is 65.6 Å². The van der Waals surface area contributed by atoms with Crippen molar-refractivity contribution in [1.82, 2.24) is 10.2 Å². The molecule has 0 aromatic rings. The molecule has 0 aliphatic carbocycles. The number of carbonyl (C=O) groups excluding carboxylic acids is 1. The van der Waals surface area contributed by atoms with Crippen LogP contribution in [0, 0.1) is 0 Å². The van der Waals surface area contributed by atoms with Gasteiger partial charge < -0.3 is 20.1 Å². The molecule has 0 saturated carbocycles. The van der Waals surface area contributed by atoms with Crippen LogP contribution in [0.2, 0.25) is 0 Å². The Morgan fingerprint density at radius 1 is 1.25 bits per heavy atom. The zero-order valence-electron chi connectivity index (χ0n) is 13.7. The Morgan fingerprint density at radius 3 is 2.35 bits per heavy atom. The van der Waals surface area contributed by atoms with Gasteiger partial charge in [-0.2, -0.15) is 0 Å². The van der Waals surface area contributed by atoms with E-state index < -0.39 is 5.60 Å². The topological polar surface area (TPSA) is 61.8 Å². The molecule has 0 aromatic heterocycles. The van der Waals surface area contributed by atoms with Gasteiger partial charge in [-0.15, -0.1) is 0 Å². The number of nitrogens with one attached hydrogen (secondary N) is 1. The van der Waals surface area contributed by atoms with Crippen LogP contribution in [0.15, 0.2) is 0 Å². The quantitative estimate of drug-likeness (QED) is 0.640. The summed E-state index contributed by atoms with van der Waals surface area (Å²) in [5.74, 6) is 0. The molecule has 0 saturated heterocycles. The Labute approximate surface area is 123 Å². The summed E-state index contributed by atoms with van der Waals surface area (Å²) in [5.41, 5.74) is -0.454. The van der Waals surface area contributed by atoms with Crippen LogP contribution in [0.4, 0.5) is 4.79 Å². The first-order valence-electron chi connectivity index (χ1n) is 7.65. The molecule has 0 bridgehead atoms. The average Bonchev–Trinajstić information content (AvgIpc) is 2.33. The van der Waals surface area contributed by atoms with Gasteiger partial charge in [0, 0.05) is 13.1 Å². The van der Waals surface area contributed by atoms with E-state index in [1.807, 2.05) is 20.8 Å². The van der Waals surface area contributed by atoms with Gasteiger partial charge in [-0.1, -0.05) is 13.8 Å². The fourth-order valence-electron chi connectivity index (χ4n) is 1.88. The largest absolute Gasteiger partial charge is 0.444 e. The fraction of sp³-hybridized carbons (Fsp3) is 0.933. The van der Waals surface area contributed by atoms with Crippen LogP contribution in [0.5, 0.6) is 0 Å². The van der Waals surface area contributed by atoms with Gasteiger partial charge in [0.1, 0.15) is 5.60 Å². The number of unbranched alkanes of at least 4 members (excludes halogenated alkanes) is 1. The highest BCUT2D eigenvalue weighted by molar-refractivity contribution is 5.67. The number of likely N-dealkylation sites (N-methyl/N-ethyl adjacent to an activating group) is 1. The van der Waals surface area contributed by atoms with E-state index in [4.69, 9.17) is 4.74 Å². The van der Waals surface area contributed by atoms with Crippen molar-refractivity contribution in [3.8, 4) is 0 Å². The highest BCUT2D eigenvalue weighted by Gasteiger charge is 2.15. The molecule has 0 spiro atoms. The van der Waals surface area contributed by atoms with Crippen molar-refractivity contribution in [3.63, 3.8) is 0 Å². The van der Waals surface area contributed by atoms with Crippen molar-refractivity contribution in [2.75, 3.05) is 26.2 Å². The summed E-state index contributed by atoms with van der Waals surface area (Å²) in [7, 11) is 0. The maximum atomic E-state index is 11.4. The molecule has 5 heteroatoms.